The number of hydrogen-bond acceptors (Lipinski definition) is 5. The maximum Gasteiger partial charge on any atom is 0.300 e. The zero-order valence-electron chi connectivity index (χ0n) is 17.4. The van der Waals surface area contributed by atoms with Crippen molar-refractivity contribution in [2.24, 2.45) is 0 Å². The van der Waals surface area contributed by atoms with Gasteiger partial charge in [-0.1, -0.05) is 55.5 Å². The second-order valence-corrected chi connectivity index (χ2v) is 7.45. The van der Waals surface area contributed by atoms with E-state index in [-0.39, 0.29) is 11.7 Å². The normalized spacial score (nSPS) is 14.3. The molecule has 1 atom stereocenters. The lowest BCUT2D eigenvalue weighted by Crippen LogP contribution is -2.32. The highest BCUT2D eigenvalue weighted by atomic mass is 16.5. The average molecular weight is 410 g/mol. The van der Waals surface area contributed by atoms with Crippen LogP contribution in [0.15, 0.2) is 77.6 Å². The molecule has 6 nitrogen and oxygen atoms in total. The lowest BCUT2D eigenvalue weighted by atomic mass is 10.1. The van der Waals surface area contributed by atoms with E-state index in [1.165, 1.54) is 5.56 Å². The van der Waals surface area contributed by atoms with Crippen molar-refractivity contribution >= 4 is 5.69 Å². The number of benzene rings is 3. The van der Waals surface area contributed by atoms with Crippen molar-refractivity contribution in [3.8, 4) is 28.4 Å². The van der Waals surface area contributed by atoms with Crippen molar-refractivity contribution in [1.29, 1.82) is 0 Å². The molecule has 3 aromatic carbocycles. The van der Waals surface area contributed by atoms with E-state index in [4.69, 9.17) is 9.84 Å². The number of nitrogens with one attached hydrogen (secondary N) is 1. The molecule has 0 aliphatic carbocycles. The zero-order chi connectivity index (χ0) is 21.4. The van der Waals surface area contributed by atoms with E-state index in [9.17, 15) is 4.79 Å². The largest absolute Gasteiger partial charge is 0.497 e. The second kappa shape index (κ2) is 7.72. The summed E-state index contributed by atoms with van der Waals surface area (Å²) >= 11 is 0. The van der Waals surface area contributed by atoms with Crippen LogP contribution in [0.2, 0.25) is 0 Å². The van der Waals surface area contributed by atoms with Crippen LogP contribution in [0.25, 0.3) is 22.6 Å². The minimum atomic E-state index is -0.333. The van der Waals surface area contributed by atoms with Crippen LogP contribution in [-0.4, -0.2) is 21.9 Å². The van der Waals surface area contributed by atoms with Gasteiger partial charge >= 0.3 is 0 Å². The van der Waals surface area contributed by atoms with Crippen molar-refractivity contribution in [1.82, 2.24) is 14.8 Å². The molecule has 5 rings (SSSR count). The first kappa shape index (κ1) is 19.1. The van der Waals surface area contributed by atoms with Gasteiger partial charge < -0.3 is 10.1 Å². The lowest BCUT2D eigenvalue weighted by molar-refractivity contribution is 0.414. The van der Waals surface area contributed by atoms with Crippen LogP contribution < -0.4 is 15.6 Å². The molecule has 0 unspecified atom stereocenters. The number of rotatable bonds is 4. The molecule has 0 fully saturated rings. The summed E-state index contributed by atoms with van der Waals surface area (Å²) in [6, 6.07) is 23.5. The fourth-order valence-electron chi connectivity index (χ4n) is 3.86. The Kier molecular flexibility index (Phi) is 4.75. The Morgan fingerprint density at radius 3 is 2.45 bits per heavy atom. The van der Waals surface area contributed by atoms with Gasteiger partial charge in [0, 0.05) is 16.8 Å². The summed E-state index contributed by atoms with van der Waals surface area (Å²) in [7, 11) is 1.64. The number of anilines is 1. The zero-order valence-corrected chi connectivity index (χ0v) is 17.4. The van der Waals surface area contributed by atoms with Gasteiger partial charge in [-0.3, -0.25) is 4.79 Å². The Bertz CT molecular complexity index is 1290. The molecule has 1 aliphatic rings. The van der Waals surface area contributed by atoms with Crippen molar-refractivity contribution in [2.45, 2.75) is 19.5 Å². The minimum absolute atomic E-state index is 0.308. The molecule has 0 radical (unpaired) electrons. The Morgan fingerprint density at radius 1 is 1.00 bits per heavy atom. The van der Waals surface area contributed by atoms with E-state index in [0.29, 0.717) is 11.5 Å². The summed E-state index contributed by atoms with van der Waals surface area (Å²) < 4.78 is 7.10. The molecule has 2 heterocycles. The molecule has 0 amide bonds. The van der Waals surface area contributed by atoms with Gasteiger partial charge in [0.25, 0.3) is 5.56 Å². The molecule has 31 heavy (non-hydrogen) atoms. The molecule has 0 bridgehead atoms. The topological polar surface area (TPSA) is 69.0 Å². The van der Waals surface area contributed by atoms with Crippen LogP contribution >= 0.6 is 0 Å². The van der Waals surface area contributed by atoms with Gasteiger partial charge in [0.15, 0.2) is 11.5 Å². The van der Waals surface area contributed by atoms with E-state index in [1.807, 2.05) is 72.8 Å². The SMILES string of the molecule is CCc1ccc(-c2nn3c(nc2=O)-c2ccccc2N[C@@H]3c2ccc(OC)cc2)cc1. The van der Waals surface area contributed by atoms with Crippen molar-refractivity contribution in [2.75, 3.05) is 12.4 Å². The van der Waals surface area contributed by atoms with E-state index >= 15 is 0 Å². The molecular weight excluding hydrogens is 388 g/mol. The van der Waals surface area contributed by atoms with Crippen LogP contribution in [0.5, 0.6) is 5.75 Å². The predicted octanol–water partition coefficient (Wildman–Crippen LogP) is 4.52. The third kappa shape index (κ3) is 3.36. The van der Waals surface area contributed by atoms with Crippen molar-refractivity contribution in [3.05, 3.63) is 94.3 Å². The summed E-state index contributed by atoms with van der Waals surface area (Å²) in [4.78, 5) is 17.4. The lowest BCUT2D eigenvalue weighted by Gasteiger charge is -2.30. The molecule has 1 aliphatic heterocycles. The minimum Gasteiger partial charge on any atom is -0.497 e. The first-order valence-electron chi connectivity index (χ1n) is 10.3. The van der Waals surface area contributed by atoms with E-state index in [0.717, 1.165) is 34.5 Å². The number of methoxy groups -OCH3 is 1. The monoisotopic (exact) mass is 410 g/mol. The number of ether oxygens (including phenoxy) is 1. The summed E-state index contributed by atoms with van der Waals surface area (Å²) in [6.07, 6.45) is 0.632. The highest BCUT2D eigenvalue weighted by Crippen LogP contribution is 2.36. The molecule has 0 saturated heterocycles. The molecule has 1 N–H and O–H groups in total. The Balaban J connectivity index is 1.69. The molecule has 0 spiro atoms. The van der Waals surface area contributed by atoms with Gasteiger partial charge in [0.2, 0.25) is 0 Å². The molecular formula is C25H22N4O2. The van der Waals surface area contributed by atoms with E-state index < -0.39 is 0 Å². The predicted molar refractivity (Wildman–Crippen MR) is 121 cm³/mol. The van der Waals surface area contributed by atoms with Gasteiger partial charge in [0.1, 0.15) is 11.9 Å². The Morgan fingerprint density at radius 2 is 1.74 bits per heavy atom. The smallest absolute Gasteiger partial charge is 0.300 e. The van der Waals surface area contributed by atoms with Gasteiger partial charge in [-0.2, -0.15) is 10.1 Å². The molecule has 6 heteroatoms. The summed E-state index contributed by atoms with van der Waals surface area (Å²) in [5, 5.41) is 8.33. The third-order valence-electron chi connectivity index (χ3n) is 5.61. The standard InChI is InChI=1S/C25H22N4O2/c1-3-16-8-10-17(11-9-16)22-25(30)27-24-20-6-4-5-7-21(20)26-23(29(24)28-22)18-12-14-19(31-2)15-13-18/h4-15,23,26H,3H2,1-2H3/t23-/m0/s1. The third-order valence-corrected chi connectivity index (χ3v) is 5.61. The van der Waals surface area contributed by atoms with Crippen LogP contribution in [0.4, 0.5) is 5.69 Å². The highest BCUT2D eigenvalue weighted by molar-refractivity contribution is 5.76. The van der Waals surface area contributed by atoms with Gasteiger partial charge in [0.05, 0.1) is 7.11 Å². The average Bonchev–Trinajstić information content (AvgIpc) is 2.83. The quantitative estimate of drug-likeness (QED) is 0.536. The molecule has 0 saturated carbocycles. The van der Waals surface area contributed by atoms with Gasteiger partial charge in [-0.05, 0) is 41.8 Å². The van der Waals surface area contributed by atoms with Gasteiger partial charge in [-0.15, -0.1) is 0 Å². The maximum absolute atomic E-state index is 13.0. The number of para-hydroxylation sites is 1. The van der Waals surface area contributed by atoms with E-state index in [1.54, 1.807) is 11.8 Å². The van der Waals surface area contributed by atoms with Crippen molar-refractivity contribution in [3.63, 3.8) is 0 Å². The first-order valence-corrected chi connectivity index (χ1v) is 10.3. The van der Waals surface area contributed by atoms with Crippen LogP contribution in [0, 0.1) is 0 Å². The number of nitrogens with zero attached hydrogens (tertiary/aromatic N) is 3. The van der Waals surface area contributed by atoms with Crippen molar-refractivity contribution < 1.29 is 4.74 Å². The second-order valence-electron chi connectivity index (χ2n) is 7.45. The highest BCUT2D eigenvalue weighted by Gasteiger charge is 2.28. The fraction of sp³-hybridized carbons (Fsp3) is 0.160. The summed E-state index contributed by atoms with van der Waals surface area (Å²) in [6.45, 7) is 2.10. The Hall–Kier alpha value is -3.93. The molecule has 1 aromatic heterocycles. The first-order chi connectivity index (χ1) is 15.2. The number of aromatic nitrogens is 3. The maximum atomic E-state index is 13.0. The van der Waals surface area contributed by atoms with Crippen LogP contribution in [-0.2, 0) is 6.42 Å². The summed E-state index contributed by atoms with van der Waals surface area (Å²) in [5.74, 6) is 1.33. The van der Waals surface area contributed by atoms with Crippen LogP contribution in [0.3, 0.4) is 0 Å². The number of fused-ring (bicyclic) bond motifs is 3. The molecule has 4 aromatic rings. The molecule has 154 valence electrons. The Labute approximate surface area is 180 Å². The van der Waals surface area contributed by atoms with Gasteiger partial charge in [-0.25, -0.2) is 4.68 Å². The van der Waals surface area contributed by atoms with E-state index in [2.05, 4.69) is 17.2 Å². The number of hydrogen-bond donors (Lipinski definition) is 1. The van der Waals surface area contributed by atoms with Crippen LogP contribution in [0.1, 0.15) is 24.2 Å². The fourth-order valence-corrected chi connectivity index (χ4v) is 3.86. The number of aryl methyl sites for hydroxylation is 1. The summed E-state index contributed by atoms with van der Waals surface area (Å²) in [5.41, 5.74) is 4.73.